The van der Waals surface area contributed by atoms with Gasteiger partial charge in [-0.2, -0.15) is 0 Å². The minimum atomic E-state index is -0.0275. The van der Waals surface area contributed by atoms with E-state index in [9.17, 15) is 5.11 Å². The van der Waals surface area contributed by atoms with Gasteiger partial charge in [0.1, 0.15) is 5.75 Å². The first-order valence-electron chi connectivity index (χ1n) is 5.64. The zero-order valence-corrected chi connectivity index (χ0v) is 15.2. The summed E-state index contributed by atoms with van der Waals surface area (Å²) < 4.78 is 2.30. The largest absolute Gasteiger partial charge is 0.506 e. The van der Waals surface area contributed by atoms with Crippen molar-refractivity contribution in [3.05, 3.63) is 25.0 Å². The Balaban J connectivity index is 0.00000162. The fourth-order valence-corrected chi connectivity index (χ4v) is 5.10. The van der Waals surface area contributed by atoms with E-state index >= 15 is 0 Å². The van der Waals surface area contributed by atoms with E-state index in [0.717, 1.165) is 10.0 Å². The number of phenols is 1. The third-order valence-corrected chi connectivity index (χ3v) is 5.49. The summed E-state index contributed by atoms with van der Waals surface area (Å²) in [6.45, 7) is 0. The molecule has 0 bridgehead atoms. The average Bonchev–Trinajstić information content (AvgIpc) is 2.79. The topological polar surface area (TPSA) is 46.2 Å². The second-order valence-electron chi connectivity index (χ2n) is 4.49. The van der Waals surface area contributed by atoms with Gasteiger partial charge in [0.05, 0.1) is 8.95 Å². The molecule has 6 heteroatoms. The summed E-state index contributed by atoms with van der Waals surface area (Å²) in [6, 6.07) is 1.82. The number of halogens is 4. The van der Waals surface area contributed by atoms with Crippen LogP contribution in [0.1, 0.15) is 37.3 Å². The number of nitrogens with two attached hydrogens (primary N) is 1. The molecule has 3 N–H and O–H groups in total. The predicted octanol–water partition coefficient (Wildman–Crippen LogP) is 5.29. The lowest BCUT2D eigenvalue weighted by atomic mass is 9.92. The summed E-state index contributed by atoms with van der Waals surface area (Å²) in [5.74, 6) is 0.736. The maximum atomic E-state index is 9.93. The van der Waals surface area contributed by atoms with Crippen molar-refractivity contribution in [1.82, 2.24) is 0 Å². The third-order valence-electron chi connectivity index (χ3n) is 3.42. The number of hydrogen-bond donors (Lipinski definition) is 2. The Kier molecular flexibility index (Phi) is 6.46. The standard InChI is InChI=1S/C12H14Br3NO.ClH/c13-7-5-8(14)12(17)10(15)9(7)11(16)6-3-1-2-4-6;/h5-6,11,17H,1-4,16H2;1H/t11-;/m0./s1. The quantitative estimate of drug-likeness (QED) is 0.625. The van der Waals surface area contributed by atoms with E-state index in [1.807, 2.05) is 6.07 Å². The van der Waals surface area contributed by atoms with Crippen molar-refractivity contribution in [3.63, 3.8) is 0 Å². The van der Waals surface area contributed by atoms with Crippen molar-refractivity contribution in [1.29, 1.82) is 0 Å². The van der Waals surface area contributed by atoms with Crippen molar-refractivity contribution >= 4 is 60.2 Å². The Morgan fingerprint density at radius 1 is 1.17 bits per heavy atom. The van der Waals surface area contributed by atoms with Crippen LogP contribution < -0.4 is 5.73 Å². The molecule has 2 rings (SSSR count). The first-order chi connectivity index (χ1) is 8.02. The lowest BCUT2D eigenvalue weighted by molar-refractivity contribution is 0.433. The molecular weight excluding hydrogens is 449 g/mol. The summed E-state index contributed by atoms with van der Waals surface area (Å²) in [6.07, 6.45) is 4.87. The highest BCUT2D eigenvalue weighted by molar-refractivity contribution is 9.11. The van der Waals surface area contributed by atoms with Gasteiger partial charge in [-0.1, -0.05) is 28.8 Å². The van der Waals surface area contributed by atoms with Gasteiger partial charge in [0, 0.05) is 16.1 Å². The summed E-state index contributed by atoms with van der Waals surface area (Å²) in [5, 5.41) is 9.93. The molecule has 1 aromatic carbocycles. The smallest absolute Gasteiger partial charge is 0.144 e. The highest BCUT2D eigenvalue weighted by atomic mass is 79.9. The van der Waals surface area contributed by atoms with Gasteiger partial charge in [0.2, 0.25) is 0 Å². The van der Waals surface area contributed by atoms with E-state index in [0.29, 0.717) is 14.9 Å². The van der Waals surface area contributed by atoms with Crippen LogP contribution in [-0.4, -0.2) is 5.11 Å². The zero-order valence-electron chi connectivity index (χ0n) is 9.63. The minimum Gasteiger partial charge on any atom is -0.506 e. The van der Waals surface area contributed by atoms with Gasteiger partial charge >= 0.3 is 0 Å². The summed E-state index contributed by atoms with van der Waals surface area (Å²) >= 11 is 10.3. The number of benzene rings is 1. The molecule has 1 atom stereocenters. The summed E-state index contributed by atoms with van der Waals surface area (Å²) in [5.41, 5.74) is 7.30. The number of hydrogen-bond acceptors (Lipinski definition) is 2. The molecule has 1 fully saturated rings. The van der Waals surface area contributed by atoms with Crippen LogP contribution in [0.5, 0.6) is 5.75 Å². The highest BCUT2D eigenvalue weighted by Crippen LogP contribution is 2.45. The molecule has 0 heterocycles. The van der Waals surface area contributed by atoms with E-state index in [-0.39, 0.29) is 24.2 Å². The molecule has 102 valence electrons. The van der Waals surface area contributed by atoms with Crippen molar-refractivity contribution in [2.75, 3.05) is 0 Å². The van der Waals surface area contributed by atoms with Gasteiger partial charge in [0.15, 0.2) is 0 Å². The van der Waals surface area contributed by atoms with Crippen molar-refractivity contribution in [3.8, 4) is 5.75 Å². The summed E-state index contributed by atoms with van der Waals surface area (Å²) in [4.78, 5) is 0. The fourth-order valence-electron chi connectivity index (χ4n) is 2.45. The van der Waals surface area contributed by atoms with Crippen molar-refractivity contribution in [2.24, 2.45) is 11.7 Å². The van der Waals surface area contributed by atoms with E-state index < -0.39 is 0 Å². The summed E-state index contributed by atoms with van der Waals surface area (Å²) in [7, 11) is 0. The molecule has 0 spiro atoms. The molecule has 0 unspecified atom stereocenters. The zero-order chi connectivity index (χ0) is 12.6. The Morgan fingerprint density at radius 3 is 2.28 bits per heavy atom. The molecule has 0 amide bonds. The monoisotopic (exact) mass is 461 g/mol. The Hall–Kier alpha value is 0.710. The van der Waals surface area contributed by atoms with Gasteiger partial charge in [-0.25, -0.2) is 0 Å². The SMILES string of the molecule is Cl.N[C@H](c1c(Br)cc(Br)c(O)c1Br)C1CCCC1. The van der Waals surface area contributed by atoms with Crippen LogP contribution in [0.3, 0.4) is 0 Å². The molecule has 1 aliphatic rings. The maximum Gasteiger partial charge on any atom is 0.144 e. The van der Waals surface area contributed by atoms with Crippen LogP contribution in [0.15, 0.2) is 19.5 Å². The van der Waals surface area contributed by atoms with Crippen LogP contribution in [0.25, 0.3) is 0 Å². The van der Waals surface area contributed by atoms with Crippen LogP contribution in [0.2, 0.25) is 0 Å². The second kappa shape index (κ2) is 6.93. The normalized spacial score (nSPS) is 17.6. The maximum absolute atomic E-state index is 9.93. The van der Waals surface area contributed by atoms with Gasteiger partial charge in [-0.05, 0) is 56.7 Å². The molecule has 0 saturated heterocycles. The first kappa shape index (κ1) is 16.8. The first-order valence-corrected chi connectivity index (χ1v) is 8.02. The average molecular weight is 464 g/mol. The number of phenolic OH excluding ortho intramolecular Hbond substituents is 1. The van der Waals surface area contributed by atoms with Crippen molar-refractivity contribution in [2.45, 2.75) is 31.7 Å². The van der Waals surface area contributed by atoms with Crippen LogP contribution in [-0.2, 0) is 0 Å². The third kappa shape index (κ3) is 3.23. The Bertz CT molecular complexity index is 436. The van der Waals surface area contributed by atoms with Crippen LogP contribution >= 0.6 is 60.2 Å². The van der Waals surface area contributed by atoms with Gasteiger partial charge in [-0.3, -0.25) is 0 Å². The highest BCUT2D eigenvalue weighted by Gasteiger charge is 2.27. The van der Waals surface area contributed by atoms with E-state index in [4.69, 9.17) is 5.73 Å². The fraction of sp³-hybridized carbons (Fsp3) is 0.500. The predicted molar refractivity (Wildman–Crippen MR) is 87.3 cm³/mol. The number of rotatable bonds is 2. The van der Waals surface area contributed by atoms with Gasteiger partial charge in [-0.15, -0.1) is 12.4 Å². The van der Waals surface area contributed by atoms with E-state index in [1.165, 1.54) is 25.7 Å². The molecule has 1 aromatic rings. The van der Waals surface area contributed by atoms with Gasteiger partial charge < -0.3 is 10.8 Å². The Morgan fingerprint density at radius 2 is 1.72 bits per heavy atom. The van der Waals surface area contributed by atoms with Crippen molar-refractivity contribution < 1.29 is 5.11 Å². The molecule has 0 radical (unpaired) electrons. The molecular formula is C12H15Br3ClNO. The number of aromatic hydroxyl groups is 1. The Labute approximate surface area is 139 Å². The second-order valence-corrected chi connectivity index (χ2v) is 6.99. The van der Waals surface area contributed by atoms with E-state index in [2.05, 4.69) is 47.8 Å². The minimum absolute atomic E-state index is 0. The molecule has 0 aromatic heterocycles. The van der Waals surface area contributed by atoms with Crippen LogP contribution in [0, 0.1) is 5.92 Å². The van der Waals surface area contributed by atoms with Crippen LogP contribution in [0.4, 0.5) is 0 Å². The lowest BCUT2D eigenvalue weighted by Crippen LogP contribution is -2.20. The van der Waals surface area contributed by atoms with E-state index in [1.54, 1.807) is 0 Å². The molecule has 0 aliphatic heterocycles. The molecule has 1 saturated carbocycles. The lowest BCUT2D eigenvalue weighted by Gasteiger charge is -2.22. The van der Waals surface area contributed by atoms with Gasteiger partial charge in [0.25, 0.3) is 0 Å². The molecule has 18 heavy (non-hydrogen) atoms. The molecule has 2 nitrogen and oxygen atoms in total. The molecule has 1 aliphatic carbocycles.